The highest BCUT2D eigenvalue weighted by molar-refractivity contribution is 5.95. The molecule has 5 nitrogen and oxygen atoms in total. The number of anilines is 1. The summed E-state index contributed by atoms with van der Waals surface area (Å²) >= 11 is 0. The SMILES string of the molecule is C[C@H](Oc1ccccc1)C(=O)O[C@H](C)C(=O)Nc1ccc(F)cc1. The molecule has 2 rings (SSSR count). The number of rotatable bonds is 6. The van der Waals surface area contributed by atoms with E-state index in [1.54, 1.807) is 31.2 Å². The van der Waals surface area contributed by atoms with Gasteiger partial charge in [0.1, 0.15) is 11.6 Å². The second-order valence-corrected chi connectivity index (χ2v) is 5.15. The molecule has 1 amide bonds. The number of ether oxygens (including phenoxy) is 2. The number of amides is 1. The minimum Gasteiger partial charge on any atom is -0.479 e. The predicted octanol–water partition coefficient (Wildman–Crippen LogP) is 3.16. The van der Waals surface area contributed by atoms with Crippen LogP contribution >= 0.6 is 0 Å². The molecule has 0 spiro atoms. The third-order valence-electron chi connectivity index (χ3n) is 3.16. The Labute approximate surface area is 139 Å². The largest absolute Gasteiger partial charge is 0.479 e. The van der Waals surface area contributed by atoms with E-state index in [9.17, 15) is 14.0 Å². The summed E-state index contributed by atoms with van der Waals surface area (Å²) in [5.41, 5.74) is 0.415. The maximum atomic E-state index is 12.8. The molecule has 2 aromatic rings. The average molecular weight is 331 g/mol. The van der Waals surface area contributed by atoms with Gasteiger partial charge in [0.25, 0.3) is 5.91 Å². The van der Waals surface area contributed by atoms with E-state index in [0.717, 1.165) is 0 Å². The van der Waals surface area contributed by atoms with Gasteiger partial charge < -0.3 is 14.8 Å². The zero-order valence-corrected chi connectivity index (χ0v) is 13.4. The number of benzene rings is 2. The van der Waals surface area contributed by atoms with Gasteiger partial charge in [-0.05, 0) is 50.2 Å². The fourth-order valence-electron chi connectivity index (χ4n) is 1.85. The summed E-state index contributed by atoms with van der Waals surface area (Å²) in [5.74, 6) is -1.03. The molecule has 0 saturated carbocycles. The minimum atomic E-state index is -1.01. The molecule has 24 heavy (non-hydrogen) atoms. The Bertz CT molecular complexity index is 688. The normalized spacial score (nSPS) is 12.8. The standard InChI is InChI=1S/C18H18FNO4/c1-12(17(21)20-15-10-8-14(19)9-11-15)24-18(22)13(2)23-16-6-4-3-5-7-16/h3-13H,1-2H3,(H,20,21)/t12-,13+/m1/s1. The van der Waals surface area contributed by atoms with Crippen LogP contribution in [0.15, 0.2) is 54.6 Å². The van der Waals surface area contributed by atoms with E-state index in [1.165, 1.54) is 31.2 Å². The van der Waals surface area contributed by atoms with Crippen molar-refractivity contribution in [3.05, 3.63) is 60.4 Å². The smallest absolute Gasteiger partial charge is 0.347 e. The molecule has 1 N–H and O–H groups in total. The van der Waals surface area contributed by atoms with Crippen molar-refractivity contribution in [1.82, 2.24) is 0 Å². The number of hydrogen-bond donors (Lipinski definition) is 1. The number of halogens is 1. The van der Waals surface area contributed by atoms with Crippen LogP contribution in [-0.4, -0.2) is 24.1 Å². The summed E-state index contributed by atoms with van der Waals surface area (Å²) in [6.45, 7) is 2.99. The lowest BCUT2D eigenvalue weighted by Crippen LogP contribution is -2.35. The summed E-state index contributed by atoms with van der Waals surface area (Å²) in [6, 6.07) is 14.1. The van der Waals surface area contributed by atoms with Crippen LogP contribution in [-0.2, 0) is 14.3 Å². The molecule has 0 aromatic heterocycles. The molecule has 0 aliphatic rings. The molecule has 0 heterocycles. The van der Waals surface area contributed by atoms with Crippen molar-refractivity contribution in [2.45, 2.75) is 26.1 Å². The summed E-state index contributed by atoms with van der Waals surface area (Å²) in [7, 11) is 0. The first-order chi connectivity index (χ1) is 11.5. The molecule has 0 saturated heterocycles. The van der Waals surface area contributed by atoms with Crippen LogP contribution in [0, 0.1) is 5.82 Å². The van der Waals surface area contributed by atoms with E-state index >= 15 is 0 Å². The van der Waals surface area contributed by atoms with Crippen molar-refractivity contribution in [3.8, 4) is 5.75 Å². The van der Waals surface area contributed by atoms with E-state index in [2.05, 4.69) is 5.32 Å². The fraction of sp³-hybridized carbons (Fsp3) is 0.222. The highest BCUT2D eigenvalue weighted by Gasteiger charge is 2.23. The minimum absolute atomic E-state index is 0.403. The monoisotopic (exact) mass is 331 g/mol. The number of nitrogens with one attached hydrogen (secondary N) is 1. The Balaban J connectivity index is 1.85. The number of carbonyl (C=O) groups is 2. The lowest BCUT2D eigenvalue weighted by atomic mass is 10.3. The van der Waals surface area contributed by atoms with E-state index < -0.39 is 29.9 Å². The van der Waals surface area contributed by atoms with Crippen LogP contribution in [0.25, 0.3) is 0 Å². The van der Waals surface area contributed by atoms with Gasteiger partial charge in [0.05, 0.1) is 0 Å². The van der Waals surface area contributed by atoms with Crippen molar-refractivity contribution in [3.63, 3.8) is 0 Å². The van der Waals surface area contributed by atoms with Gasteiger partial charge in [-0.2, -0.15) is 0 Å². The van der Waals surface area contributed by atoms with Crippen LogP contribution in [0.4, 0.5) is 10.1 Å². The Morgan fingerprint density at radius 1 is 0.958 bits per heavy atom. The Morgan fingerprint density at radius 2 is 1.58 bits per heavy atom. The summed E-state index contributed by atoms with van der Waals surface area (Å²) in [5, 5.41) is 2.54. The lowest BCUT2D eigenvalue weighted by Gasteiger charge is -2.17. The quantitative estimate of drug-likeness (QED) is 0.826. The molecule has 2 atom stereocenters. The molecule has 0 bridgehead atoms. The molecule has 126 valence electrons. The lowest BCUT2D eigenvalue weighted by molar-refractivity contribution is -0.159. The summed E-state index contributed by atoms with van der Waals surface area (Å²) < 4.78 is 23.4. The summed E-state index contributed by atoms with van der Waals surface area (Å²) in [4.78, 5) is 24.0. The van der Waals surface area contributed by atoms with Gasteiger partial charge >= 0.3 is 5.97 Å². The van der Waals surface area contributed by atoms with Crippen molar-refractivity contribution < 1.29 is 23.5 Å². The highest BCUT2D eigenvalue weighted by atomic mass is 19.1. The zero-order chi connectivity index (χ0) is 17.5. The van der Waals surface area contributed by atoms with Crippen molar-refractivity contribution in [2.24, 2.45) is 0 Å². The van der Waals surface area contributed by atoms with Gasteiger partial charge in [-0.15, -0.1) is 0 Å². The number of esters is 1. The Hall–Kier alpha value is -2.89. The predicted molar refractivity (Wildman–Crippen MR) is 87.1 cm³/mol. The second kappa shape index (κ2) is 8.10. The highest BCUT2D eigenvalue weighted by Crippen LogP contribution is 2.13. The topological polar surface area (TPSA) is 64.6 Å². The van der Waals surface area contributed by atoms with E-state index in [-0.39, 0.29) is 0 Å². The molecule has 0 fully saturated rings. The maximum Gasteiger partial charge on any atom is 0.347 e. The molecule has 6 heteroatoms. The first kappa shape index (κ1) is 17.5. The van der Waals surface area contributed by atoms with Gasteiger partial charge in [-0.3, -0.25) is 4.79 Å². The first-order valence-electron chi connectivity index (χ1n) is 7.44. The molecule has 0 aliphatic heterocycles. The van der Waals surface area contributed by atoms with E-state index in [0.29, 0.717) is 11.4 Å². The molecule has 0 unspecified atom stereocenters. The van der Waals surface area contributed by atoms with Crippen LogP contribution in [0.5, 0.6) is 5.75 Å². The fourth-order valence-corrected chi connectivity index (χ4v) is 1.85. The second-order valence-electron chi connectivity index (χ2n) is 5.15. The van der Waals surface area contributed by atoms with Crippen LogP contribution in [0.2, 0.25) is 0 Å². The van der Waals surface area contributed by atoms with Crippen LogP contribution < -0.4 is 10.1 Å². The van der Waals surface area contributed by atoms with Gasteiger partial charge in [0, 0.05) is 5.69 Å². The van der Waals surface area contributed by atoms with Gasteiger partial charge in [0.2, 0.25) is 0 Å². The van der Waals surface area contributed by atoms with Gasteiger partial charge in [-0.25, -0.2) is 9.18 Å². The molecule has 0 radical (unpaired) electrons. The number of carbonyl (C=O) groups excluding carboxylic acids is 2. The van der Waals surface area contributed by atoms with Crippen LogP contribution in [0.1, 0.15) is 13.8 Å². The average Bonchev–Trinajstić information content (AvgIpc) is 2.57. The van der Waals surface area contributed by atoms with Crippen molar-refractivity contribution >= 4 is 17.6 Å². The van der Waals surface area contributed by atoms with Crippen LogP contribution in [0.3, 0.4) is 0 Å². The van der Waals surface area contributed by atoms with Crippen molar-refractivity contribution in [1.29, 1.82) is 0 Å². The molecule has 0 aliphatic carbocycles. The first-order valence-corrected chi connectivity index (χ1v) is 7.44. The van der Waals surface area contributed by atoms with Gasteiger partial charge in [0.15, 0.2) is 12.2 Å². The van der Waals surface area contributed by atoms with Crippen molar-refractivity contribution in [2.75, 3.05) is 5.32 Å². The zero-order valence-electron chi connectivity index (χ0n) is 13.4. The van der Waals surface area contributed by atoms with E-state index in [4.69, 9.17) is 9.47 Å². The maximum absolute atomic E-state index is 12.8. The van der Waals surface area contributed by atoms with E-state index in [1.807, 2.05) is 6.07 Å². The number of para-hydroxylation sites is 1. The Kier molecular flexibility index (Phi) is 5.89. The molecular formula is C18H18FNO4. The molecule has 2 aromatic carbocycles. The van der Waals surface area contributed by atoms with Gasteiger partial charge in [-0.1, -0.05) is 18.2 Å². The third-order valence-corrected chi connectivity index (χ3v) is 3.16. The summed E-state index contributed by atoms with van der Waals surface area (Å²) in [6.07, 6.45) is -1.86. The number of hydrogen-bond acceptors (Lipinski definition) is 4. The molecular weight excluding hydrogens is 313 g/mol. The Morgan fingerprint density at radius 3 is 2.21 bits per heavy atom. The third kappa shape index (κ3) is 5.08.